The van der Waals surface area contributed by atoms with Crippen LogP contribution < -0.4 is 9.80 Å². The van der Waals surface area contributed by atoms with Crippen molar-refractivity contribution in [3.63, 3.8) is 0 Å². The van der Waals surface area contributed by atoms with E-state index in [9.17, 15) is 4.79 Å². The van der Waals surface area contributed by atoms with Gasteiger partial charge in [-0.2, -0.15) is 0 Å². The molecule has 0 unspecified atom stereocenters. The Labute approximate surface area is 211 Å². The summed E-state index contributed by atoms with van der Waals surface area (Å²) in [4.78, 5) is 32.9. The third-order valence-corrected chi connectivity index (χ3v) is 6.39. The van der Waals surface area contributed by atoms with Gasteiger partial charge in [0.25, 0.3) is 0 Å². The van der Waals surface area contributed by atoms with Crippen LogP contribution in [0.4, 0.5) is 16.3 Å². The minimum Gasteiger partial charge on any atom is -0.444 e. The first kappa shape index (κ1) is 25.0. The maximum absolute atomic E-state index is 12.7. The monoisotopic (exact) mass is 499 g/mol. The van der Waals surface area contributed by atoms with E-state index in [0.717, 1.165) is 35.6 Å². The Morgan fingerprint density at radius 3 is 2.57 bits per heavy atom. The second kappa shape index (κ2) is 9.89. The highest BCUT2D eigenvalue weighted by molar-refractivity contribution is 6.30. The lowest BCUT2D eigenvalue weighted by molar-refractivity contribution is 0.0218. The van der Waals surface area contributed by atoms with Crippen molar-refractivity contribution in [2.24, 2.45) is 0 Å². The summed E-state index contributed by atoms with van der Waals surface area (Å²) in [6.07, 6.45) is 5.08. The van der Waals surface area contributed by atoms with Crippen LogP contribution in [0.2, 0.25) is 5.02 Å². The Hall–Kier alpha value is -3.07. The Bertz CT molecular complexity index is 1200. The number of carbonyl (C=O) groups is 1. The summed E-state index contributed by atoms with van der Waals surface area (Å²) in [5.74, 6) is 1.56. The van der Waals surface area contributed by atoms with E-state index >= 15 is 0 Å². The van der Waals surface area contributed by atoms with E-state index in [1.807, 2.05) is 31.4 Å². The molecule has 1 atom stereocenters. The van der Waals surface area contributed by atoms with Gasteiger partial charge < -0.3 is 19.4 Å². The molecule has 0 saturated carbocycles. The number of nitrogens with zero attached hydrogens (tertiary/aromatic N) is 7. The van der Waals surface area contributed by atoms with Gasteiger partial charge in [0.15, 0.2) is 5.65 Å². The molecule has 1 fully saturated rings. The average molecular weight is 500 g/mol. The molecule has 0 spiro atoms. The van der Waals surface area contributed by atoms with Gasteiger partial charge >= 0.3 is 6.09 Å². The number of rotatable bonds is 5. The quantitative estimate of drug-likeness (QED) is 0.500. The molecule has 1 aliphatic rings. The third kappa shape index (κ3) is 5.15. The predicted molar refractivity (Wildman–Crippen MR) is 140 cm³/mol. The van der Waals surface area contributed by atoms with E-state index in [-0.39, 0.29) is 12.1 Å². The van der Waals surface area contributed by atoms with Crippen LogP contribution in [0, 0.1) is 0 Å². The molecule has 10 heteroatoms. The van der Waals surface area contributed by atoms with Crippen LogP contribution in [0.1, 0.15) is 41.5 Å². The van der Waals surface area contributed by atoms with E-state index in [1.165, 1.54) is 0 Å². The Balaban J connectivity index is 1.75. The molecule has 35 heavy (non-hydrogen) atoms. The van der Waals surface area contributed by atoms with E-state index in [2.05, 4.69) is 46.7 Å². The fourth-order valence-electron chi connectivity index (χ4n) is 4.51. The van der Waals surface area contributed by atoms with Crippen LogP contribution in [0.5, 0.6) is 0 Å². The molecule has 0 bridgehead atoms. The number of halogens is 1. The number of amides is 1. The molecule has 4 rings (SSSR count). The molecule has 3 aromatic heterocycles. The standard InChI is InChI=1S/C25H34ClN7O2/c1-7-30(8-2)19-15-33(20-13-18(26)9-10-27-20)23-21(19)22(28-16-29-23)32-12-11-31(14-17(32)3)24(34)35-25(4,5)6/h9-10,13,15-17H,7-8,11-12,14H2,1-6H3/t17-/m0/s1. The second-order valence-electron chi connectivity index (χ2n) is 9.75. The lowest BCUT2D eigenvalue weighted by Crippen LogP contribution is -2.54. The van der Waals surface area contributed by atoms with E-state index in [1.54, 1.807) is 23.5 Å². The fourth-order valence-corrected chi connectivity index (χ4v) is 4.67. The molecular weight excluding hydrogens is 466 g/mol. The Morgan fingerprint density at radius 1 is 1.20 bits per heavy atom. The predicted octanol–water partition coefficient (Wildman–Crippen LogP) is 4.76. The highest BCUT2D eigenvalue weighted by Crippen LogP contribution is 2.37. The van der Waals surface area contributed by atoms with Gasteiger partial charge in [-0.15, -0.1) is 0 Å². The van der Waals surface area contributed by atoms with Crippen LogP contribution >= 0.6 is 11.6 Å². The molecule has 4 heterocycles. The van der Waals surface area contributed by atoms with Gasteiger partial charge in [-0.25, -0.2) is 19.7 Å². The van der Waals surface area contributed by atoms with Crippen LogP contribution in [-0.4, -0.2) is 74.9 Å². The largest absolute Gasteiger partial charge is 0.444 e. The Morgan fingerprint density at radius 2 is 1.94 bits per heavy atom. The SMILES string of the molecule is CCN(CC)c1cn(-c2cc(Cl)ccn2)c2ncnc(N3CCN(C(=O)OC(C)(C)C)C[C@@H]3C)c12. The van der Waals surface area contributed by atoms with Crippen molar-refractivity contribution in [1.82, 2.24) is 24.4 Å². The van der Waals surface area contributed by atoms with Crippen molar-refractivity contribution in [3.8, 4) is 5.82 Å². The first-order chi connectivity index (χ1) is 16.6. The van der Waals surface area contributed by atoms with E-state index in [0.29, 0.717) is 30.5 Å². The van der Waals surface area contributed by atoms with Crippen LogP contribution in [-0.2, 0) is 4.74 Å². The summed E-state index contributed by atoms with van der Waals surface area (Å²) >= 11 is 6.27. The highest BCUT2D eigenvalue weighted by Gasteiger charge is 2.32. The summed E-state index contributed by atoms with van der Waals surface area (Å²) in [6, 6.07) is 3.64. The van der Waals surface area contributed by atoms with Crippen LogP contribution in [0.15, 0.2) is 30.9 Å². The topological polar surface area (TPSA) is 79.6 Å². The number of pyridine rings is 1. The average Bonchev–Trinajstić information content (AvgIpc) is 3.19. The summed E-state index contributed by atoms with van der Waals surface area (Å²) < 4.78 is 7.57. The zero-order chi connectivity index (χ0) is 25.3. The second-order valence-corrected chi connectivity index (χ2v) is 10.2. The molecular formula is C25H34ClN7O2. The number of anilines is 2. The maximum atomic E-state index is 12.7. The van der Waals surface area contributed by atoms with E-state index in [4.69, 9.17) is 21.3 Å². The van der Waals surface area contributed by atoms with Gasteiger partial charge in [-0.05, 0) is 47.6 Å². The molecule has 1 aliphatic heterocycles. The molecule has 3 aromatic rings. The molecule has 0 aromatic carbocycles. The molecule has 0 aliphatic carbocycles. The lowest BCUT2D eigenvalue weighted by Gasteiger charge is -2.41. The molecule has 0 radical (unpaired) electrons. The van der Waals surface area contributed by atoms with Crippen LogP contribution in [0.3, 0.4) is 0 Å². The van der Waals surface area contributed by atoms with Crippen molar-refractivity contribution in [3.05, 3.63) is 35.9 Å². The minimum atomic E-state index is -0.522. The van der Waals surface area contributed by atoms with Gasteiger partial charge in [0.2, 0.25) is 0 Å². The number of aromatic nitrogens is 4. The first-order valence-corrected chi connectivity index (χ1v) is 12.5. The van der Waals surface area contributed by atoms with Crippen molar-refractivity contribution >= 4 is 40.2 Å². The smallest absolute Gasteiger partial charge is 0.410 e. The van der Waals surface area contributed by atoms with Gasteiger partial charge in [0.1, 0.15) is 23.6 Å². The number of piperazine rings is 1. The van der Waals surface area contributed by atoms with Gasteiger partial charge in [-0.1, -0.05) is 11.6 Å². The molecule has 188 valence electrons. The summed E-state index contributed by atoms with van der Waals surface area (Å²) in [5, 5.41) is 1.58. The third-order valence-electron chi connectivity index (χ3n) is 6.15. The number of fused-ring (bicyclic) bond motifs is 1. The molecule has 1 saturated heterocycles. The number of carbonyl (C=O) groups excluding carboxylic acids is 1. The number of ether oxygens (including phenoxy) is 1. The summed E-state index contributed by atoms with van der Waals surface area (Å²) in [7, 11) is 0. The van der Waals surface area contributed by atoms with Crippen molar-refractivity contribution in [2.45, 2.75) is 53.2 Å². The van der Waals surface area contributed by atoms with Gasteiger partial charge in [-0.3, -0.25) is 4.57 Å². The van der Waals surface area contributed by atoms with Crippen molar-refractivity contribution in [1.29, 1.82) is 0 Å². The number of hydrogen-bond acceptors (Lipinski definition) is 7. The molecule has 0 N–H and O–H groups in total. The van der Waals surface area contributed by atoms with Crippen LogP contribution in [0.25, 0.3) is 16.9 Å². The summed E-state index contributed by atoms with van der Waals surface area (Å²) in [6.45, 7) is 15.5. The molecule has 9 nitrogen and oxygen atoms in total. The highest BCUT2D eigenvalue weighted by atomic mass is 35.5. The minimum absolute atomic E-state index is 0.0477. The van der Waals surface area contributed by atoms with Gasteiger partial charge in [0.05, 0.1) is 11.1 Å². The number of hydrogen-bond donors (Lipinski definition) is 0. The summed E-state index contributed by atoms with van der Waals surface area (Å²) in [5.41, 5.74) is 1.30. The zero-order valence-corrected chi connectivity index (χ0v) is 22.1. The zero-order valence-electron chi connectivity index (χ0n) is 21.3. The van der Waals surface area contributed by atoms with Crippen molar-refractivity contribution < 1.29 is 9.53 Å². The maximum Gasteiger partial charge on any atom is 0.410 e. The fraction of sp³-hybridized carbons (Fsp3) is 0.520. The van der Waals surface area contributed by atoms with Gasteiger partial charge in [0, 0.05) is 62.2 Å². The Kier molecular flexibility index (Phi) is 7.07. The molecule has 1 amide bonds. The van der Waals surface area contributed by atoms with E-state index < -0.39 is 5.60 Å². The normalized spacial score (nSPS) is 16.6. The lowest BCUT2D eigenvalue weighted by atomic mass is 10.1. The first-order valence-electron chi connectivity index (χ1n) is 12.1. The van der Waals surface area contributed by atoms with Crippen molar-refractivity contribution in [2.75, 3.05) is 42.5 Å².